The van der Waals surface area contributed by atoms with E-state index in [0.717, 1.165) is 10.2 Å². The molecule has 0 spiro atoms. The van der Waals surface area contributed by atoms with E-state index in [1.54, 1.807) is 0 Å². The van der Waals surface area contributed by atoms with E-state index in [9.17, 15) is 0 Å². The molecular formula is C13H18BrN3O. The second-order valence-electron chi connectivity index (χ2n) is 4.53. The van der Waals surface area contributed by atoms with Gasteiger partial charge >= 0.3 is 0 Å². The Morgan fingerprint density at radius 2 is 2.39 bits per heavy atom. The van der Waals surface area contributed by atoms with Crippen LogP contribution in [0.5, 0.6) is 5.75 Å². The lowest BCUT2D eigenvalue weighted by Crippen LogP contribution is -2.34. The molecule has 98 valence electrons. The van der Waals surface area contributed by atoms with Crippen molar-refractivity contribution in [3.8, 4) is 5.75 Å². The average molecular weight is 312 g/mol. The molecule has 2 rings (SSSR count). The maximum absolute atomic E-state index is 5.76. The lowest BCUT2D eigenvalue weighted by atomic mass is 10.3. The van der Waals surface area contributed by atoms with E-state index in [-0.39, 0.29) is 6.10 Å². The molecule has 0 bridgehead atoms. The quantitative estimate of drug-likeness (QED) is 0.648. The smallest absolute Gasteiger partial charge is 0.188 e. The summed E-state index contributed by atoms with van der Waals surface area (Å²) >= 11 is 3.41. The Bertz CT molecular complexity index is 432. The predicted molar refractivity (Wildman–Crippen MR) is 76.9 cm³/mol. The van der Waals surface area contributed by atoms with Gasteiger partial charge in [0.15, 0.2) is 5.96 Å². The normalized spacial score (nSPS) is 17.3. The Hall–Kier alpha value is -1.23. The summed E-state index contributed by atoms with van der Waals surface area (Å²) in [5.74, 6) is 1.35. The molecule has 5 heteroatoms. The monoisotopic (exact) mass is 311 g/mol. The van der Waals surface area contributed by atoms with Crippen LogP contribution in [0.3, 0.4) is 0 Å². The highest BCUT2D eigenvalue weighted by Gasteiger charge is 2.21. The van der Waals surface area contributed by atoms with Crippen LogP contribution in [0.25, 0.3) is 0 Å². The third-order valence-electron chi connectivity index (χ3n) is 2.58. The van der Waals surface area contributed by atoms with Crippen LogP contribution in [-0.4, -0.2) is 24.7 Å². The lowest BCUT2D eigenvalue weighted by Gasteiger charge is -2.13. The van der Waals surface area contributed by atoms with E-state index in [2.05, 4.69) is 26.2 Å². The van der Waals surface area contributed by atoms with Gasteiger partial charge in [-0.15, -0.1) is 0 Å². The number of nitrogens with zero attached hydrogens (tertiary/aromatic N) is 1. The number of nitrogens with two attached hydrogens (primary N) is 1. The number of halogens is 1. The zero-order valence-corrected chi connectivity index (χ0v) is 12.0. The molecule has 1 atom stereocenters. The minimum Gasteiger partial charge on any atom is -0.489 e. The molecule has 3 N–H and O–H groups in total. The van der Waals surface area contributed by atoms with Gasteiger partial charge in [0, 0.05) is 10.5 Å². The first kappa shape index (κ1) is 13.2. The number of ether oxygens (including phenoxy) is 1. The van der Waals surface area contributed by atoms with Crippen molar-refractivity contribution in [2.45, 2.75) is 31.9 Å². The minimum atomic E-state index is -0.00106. The Morgan fingerprint density at radius 3 is 3.06 bits per heavy atom. The summed E-state index contributed by atoms with van der Waals surface area (Å²) in [6.07, 6.45) is 2.39. The van der Waals surface area contributed by atoms with Gasteiger partial charge in [-0.3, -0.25) is 0 Å². The Morgan fingerprint density at radius 1 is 1.61 bits per heavy atom. The van der Waals surface area contributed by atoms with Crippen molar-refractivity contribution in [2.24, 2.45) is 10.7 Å². The van der Waals surface area contributed by atoms with E-state index in [1.165, 1.54) is 12.8 Å². The van der Waals surface area contributed by atoms with Gasteiger partial charge in [-0.2, -0.15) is 0 Å². The van der Waals surface area contributed by atoms with Crippen LogP contribution >= 0.6 is 15.9 Å². The van der Waals surface area contributed by atoms with Crippen LogP contribution in [0.1, 0.15) is 19.8 Å². The number of aliphatic imine (C=N–C) groups is 1. The summed E-state index contributed by atoms with van der Waals surface area (Å²) in [5.41, 5.74) is 5.76. The van der Waals surface area contributed by atoms with E-state index < -0.39 is 0 Å². The maximum Gasteiger partial charge on any atom is 0.188 e. The molecule has 1 aliphatic carbocycles. The van der Waals surface area contributed by atoms with Crippen LogP contribution in [0.15, 0.2) is 33.7 Å². The zero-order chi connectivity index (χ0) is 13.0. The summed E-state index contributed by atoms with van der Waals surface area (Å²) in [4.78, 5) is 4.27. The number of guanidine groups is 1. The highest BCUT2D eigenvalue weighted by molar-refractivity contribution is 9.10. The van der Waals surface area contributed by atoms with Gasteiger partial charge in [0.25, 0.3) is 0 Å². The third kappa shape index (κ3) is 4.56. The minimum absolute atomic E-state index is 0.00106. The van der Waals surface area contributed by atoms with Crippen LogP contribution in [0, 0.1) is 0 Å². The summed E-state index contributed by atoms with van der Waals surface area (Å²) in [6, 6.07) is 8.31. The molecule has 1 fully saturated rings. The van der Waals surface area contributed by atoms with Crippen molar-refractivity contribution < 1.29 is 4.74 Å². The molecule has 0 radical (unpaired) electrons. The van der Waals surface area contributed by atoms with Crippen LogP contribution in [-0.2, 0) is 0 Å². The molecule has 1 unspecified atom stereocenters. The highest BCUT2D eigenvalue weighted by atomic mass is 79.9. The van der Waals surface area contributed by atoms with Gasteiger partial charge in [0.1, 0.15) is 11.9 Å². The highest BCUT2D eigenvalue weighted by Crippen LogP contribution is 2.19. The molecule has 1 aromatic rings. The Balaban J connectivity index is 1.78. The van der Waals surface area contributed by atoms with Gasteiger partial charge in [-0.25, -0.2) is 4.99 Å². The summed E-state index contributed by atoms with van der Waals surface area (Å²) < 4.78 is 6.75. The molecule has 1 aliphatic rings. The second-order valence-corrected chi connectivity index (χ2v) is 5.45. The fourth-order valence-electron chi connectivity index (χ4n) is 1.52. The summed E-state index contributed by atoms with van der Waals surface area (Å²) in [7, 11) is 0. The molecule has 1 aromatic carbocycles. The lowest BCUT2D eigenvalue weighted by molar-refractivity contribution is 0.230. The molecule has 4 nitrogen and oxygen atoms in total. The number of nitrogens with one attached hydrogen (secondary N) is 1. The number of hydrogen-bond donors (Lipinski definition) is 2. The maximum atomic E-state index is 5.76. The molecule has 1 saturated carbocycles. The van der Waals surface area contributed by atoms with Gasteiger partial charge in [-0.05, 0) is 38.0 Å². The topological polar surface area (TPSA) is 59.6 Å². The number of rotatable bonds is 5. The summed E-state index contributed by atoms with van der Waals surface area (Å²) in [5, 5.41) is 3.15. The molecular weight excluding hydrogens is 294 g/mol. The fraction of sp³-hybridized carbons (Fsp3) is 0.462. The van der Waals surface area contributed by atoms with E-state index in [0.29, 0.717) is 18.5 Å². The van der Waals surface area contributed by atoms with Crippen molar-refractivity contribution >= 4 is 21.9 Å². The number of hydrogen-bond acceptors (Lipinski definition) is 2. The van der Waals surface area contributed by atoms with E-state index >= 15 is 0 Å². The standard InChI is InChI=1S/C13H18BrN3O/c1-9(8-16-13(15)17-11-5-6-11)18-12-4-2-3-10(14)7-12/h2-4,7,9,11H,5-6,8H2,1H3,(H3,15,16,17). The molecule has 0 amide bonds. The van der Waals surface area contributed by atoms with E-state index in [1.807, 2.05) is 31.2 Å². The van der Waals surface area contributed by atoms with Crippen molar-refractivity contribution in [1.82, 2.24) is 5.32 Å². The van der Waals surface area contributed by atoms with Crippen LogP contribution in [0.2, 0.25) is 0 Å². The third-order valence-corrected chi connectivity index (χ3v) is 3.07. The fourth-order valence-corrected chi connectivity index (χ4v) is 1.90. The van der Waals surface area contributed by atoms with Gasteiger partial charge in [0.05, 0.1) is 6.54 Å². The van der Waals surface area contributed by atoms with Crippen molar-refractivity contribution in [2.75, 3.05) is 6.54 Å². The SMILES string of the molecule is CC(CN=C(N)NC1CC1)Oc1cccc(Br)c1. The molecule has 0 heterocycles. The Labute approximate surface area is 116 Å². The molecule has 18 heavy (non-hydrogen) atoms. The van der Waals surface area contributed by atoms with Crippen LogP contribution < -0.4 is 15.8 Å². The van der Waals surface area contributed by atoms with E-state index in [4.69, 9.17) is 10.5 Å². The van der Waals surface area contributed by atoms with Gasteiger partial charge in [-0.1, -0.05) is 22.0 Å². The van der Waals surface area contributed by atoms with Gasteiger partial charge < -0.3 is 15.8 Å². The first-order valence-electron chi connectivity index (χ1n) is 6.12. The van der Waals surface area contributed by atoms with Crippen molar-refractivity contribution in [3.05, 3.63) is 28.7 Å². The second kappa shape index (κ2) is 6.09. The number of benzene rings is 1. The predicted octanol–water partition coefficient (Wildman–Crippen LogP) is 2.28. The first-order chi connectivity index (χ1) is 8.63. The average Bonchev–Trinajstić information content (AvgIpc) is 3.10. The van der Waals surface area contributed by atoms with Gasteiger partial charge in [0.2, 0.25) is 0 Å². The Kier molecular flexibility index (Phi) is 4.47. The first-order valence-corrected chi connectivity index (χ1v) is 6.91. The molecule has 0 saturated heterocycles. The van der Waals surface area contributed by atoms with Crippen LogP contribution in [0.4, 0.5) is 0 Å². The summed E-state index contributed by atoms with van der Waals surface area (Å²) in [6.45, 7) is 2.53. The molecule has 0 aromatic heterocycles. The molecule has 0 aliphatic heterocycles. The zero-order valence-electron chi connectivity index (χ0n) is 10.4. The van der Waals surface area contributed by atoms with Crippen molar-refractivity contribution in [1.29, 1.82) is 0 Å². The largest absolute Gasteiger partial charge is 0.489 e. The van der Waals surface area contributed by atoms with Crippen molar-refractivity contribution in [3.63, 3.8) is 0 Å².